The highest BCUT2D eigenvalue weighted by atomic mass is 16.2. The Morgan fingerprint density at radius 2 is 0.917 bits per heavy atom. The Labute approximate surface area is 218 Å². The molecule has 198 valence electrons. The SMILES string of the molecule is O=C(c1cccnc1C(=O)N(C1CCCCC1)C1CCCCC1)N(C1CCCCC1)C1CCCCC1. The number of rotatable bonds is 6. The molecule has 1 heterocycles. The molecule has 4 aliphatic carbocycles. The topological polar surface area (TPSA) is 53.5 Å². The van der Waals surface area contributed by atoms with Crippen molar-refractivity contribution in [1.29, 1.82) is 0 Å². The lowest BCUT2D eigenvalue weighted by Crippen LogP contribution is -2.51. The maximum absolute atomic E-state index is 14.4. The van der Waals surface area contributed by atoms with Gasteiger partial charge in [0.2, 0.25) is 0 Å². The predicted molar refractivity (Wildman–Crippen MR) is 144 cm³/mol. The van der Waals surface area contributed by atoms with E-state index in [0.717, 1.165) is 51.4 Å². The summed E-state index contributed by atoms with van der Waals surface area (Å²) < 4.78 is 0. The third kappa shape index (κ3) is 5.81. The summed E-state index contributed by atoms with van der Waals surface area (Å²) in [5, 5.41) is 0. The fourth-order valence-electron chi connectivity index (χ4n) is 7.71. The van der Waals surface area contributed by atoms with E-state index in [1.54, 1.807) is 6.20 Å². The molecule has 5 nitrogen and oxygen atoms in total. The third-order valence-electron chi connectivity index (χ3n) is 9.58. The smallest absolute Gasteiger partial charge is 0.273 e. The molecule has 0 spiro atoms. The molecule has 5 heteroatoms. The summed E-state index contributed by atoms with van der Waals surface area (Å²) in [4.78, 5) is 37.8. The lowest BCUT2D eigenvalue weighted by Gasteiger charge is -2.43. The van der Waals surface area contributed by atoms with Crippen molar-refractivity contribution in [2.75, 3.05) is 0 Å². The van der Waals surface area contributed by atoms with Gasteiger partial charge in [-0.05, 0) is 63.5 Å². The zero-order chi connectivity index (χ0) is 24.7. The van der Waals surface area contributed by atoms with Crippen LogP contribution in [0.25, 0.3) is 0 Å². The van der Waals surface area contributed by atoms with E-state index in [4.69, 9.17) is 0 Å². The number of pyridine rings is 1. The Morgan fingerprint density at radius 1 is 0.556 bits per heavy atom. The van der Waals surface area contributed by atoms with Crippen LogP contribution in [0.2, 0.25) is 0 Å². The molecule has 1 aromatic rings. The van der Waals surface area contributed by atoms with Gasteiger partial charge < -0.3 is 9.80 Å². The van der Waals surface area contributed by atoms with Gasteiger partial charge in [-0.3, -0.25) is 14.6 Å². The van der Waals surface area contributed by atoms with E-state index in [9.17, 15) is 9.59 Å². The maximum Gasteiger partial charge on any atom is 0.273 e. The highest BCUT2D eigenvalue weighted by molar-refractivity contribution is 6.06. The molecule has 2 amide bonds. The zero-order valence-electron chi connectivity index (χ0n) is 22.3. The molecular formula is C31H47N3O2. The summed E-state index contributed by atoms with van der Waals surface area (Å²) in [5.41, 5.74) is 0.963. The molecule has 5 rings (SSSR count). The van der Waals surface area contributed by atoms with Crippen LogP contribution < -0.4 is 0 Å². The fourth-order valence-corrected chi connectivity index (χ4v) is 7.71. The number of carbonyl (C=O) groups excluding carboxylic acids is 2. The Hall–Kier alpha value is -1.91. The minimum absolute atomic E-state index is 0.0185. The van der Waals surface area contributed by atoms with Crippen LogP contribution in [0, 0.1) is 0 Å². The second kappa shape index (κ2) is 12.6. The van der Waals surface area contributed by atoms with Crippen molar-refractivity contribution in [3.05, 3.63) is 29.6 Å². The number of aromatic nitrogens is 1. The minimum atomic E-state index is 0.0185. The average Bonchev–Trinajstić information content (AvgIpc) is 2.95. The first kappa shape index (κ1) is 25.7. The van der Waals surface area contributed by atoms with Crippen molar-refractivity contribution in [1.82, 2.24) is 14.8 Å². The van der Waals surface area contributed by atoms with Gasteiger partial charge in [-0.15, -0.1) is 0 Å². The van der Waals surface area contributed by atoms with E-state index in [2.05, 4.69) is 14.8 Å². The molecule has 4 aliphatic rings. The number of hydrogen-bond donors (Lipinski definition) is 0. The van der Waals surface area contributed by atoms with Crippen molar-refractivity contribution >= 4 is 11.8 Å². The lowest BCUT2D eigenvalue weighted by molar-refractivity contribution is 0.0403. The van der Waals surface area contributed by atoms with E-state index in [0.29, 0.717) is 35.4 Å². The summed E-state index contributed by atoms with van der Waals surface area (Å²) in [7, 11) is 0. The maximum atomic E-state index is 14.4. The standard InChI is InChI=1S/C31H47N3O2/c35-30(33(24-14-5-1-6-15-24)25-16-7-2-8-17-25)28-22-13-23-32-29(28)31(36)34(26-18-9-3-10-19-26)27-20-11-4-12-21-27/h13,22-27H,1-12,14-21H2. The third-order valence-corrected chi connectivity index (χ3v) is 9.58. The van der Waals surface area contributed by atoms with Crippen LogP contribution in [0.5, 0.6) is 0 Å². The van der Waals surface area contributed by atoms with E-state index in [-0.39, 0.29) is 11.8 Å². The number of nitrogens with zero attached hydrogens (tertiary/aromatic N) is 3. The molecule has 0 saturated heterocycles. The van der Waals surface area contributed by atoms with Gasteiger partial charge in [0.25, 0.3) is 11.8 Å². The van der Waals surface area contributed by atoms with Gasteiger partial charge in [-0.25, -0.2) is 0 Å². The highest BCUT2D eigenvalue weighted by Gasteiger charge is 2.38. The van der Waals surface area contributed by atoms with Crippen LogP contribution in [0.3, 0.4) is 0 Å². The molecule has 4 saturated carbocycles. The molecule has 0 aliphatic heterocycles. The lowest BCUT2D eigenvalue weighted by atomic mass is 9.87. The van der Waals surface area contributed by atoms with Gasteiger partial charge in [0, 0.05) is 30.4 Å². The first-order chi connectivity index (χ1) is 17.7. The summed E-state index contributed by atoms with van der Waals surface area (Å²) in [6, 6.07) is 4.96. The highest BCUT2D eigenvalue weighted by Crippen LogP contribution is 2.34. The quantitative estimate of drug-likeness (QED) is 0.418. The summed E-state index contributed by atoms with van der Waals surface area (Å²) in [6.07, 6.45) is 25.2. The number of amides is 2. The van der Waals surface area contributed by atoms with Crippen molar-refractivity contribution in [2.24, 2.45) is 0 Å². The van der Waals surface area contributed by atoms with Gasteiger partial charge in [-0.2, -0.15) is 0 Å². The second-order valence-corrected chi connectivity index (χ2v) is 12.0. The summed E-state index contributed by atoms with van der Waals surface area (Å²) >= 11 is 0. The molecular weight excluding hydrogens is 446 g/mol. The Balaban J connectivity index is 1.46. The van der Waals surface area contributed by atoms with Crippen LogP contribution in [-0.4, -0.2) is 50.8 Å². The Morgan fingerprint density at radius 3 is 1.31 bits per heavy atom. The predicted octanol–water partition coefficient (Wildman–Crippen LogP) is 7.30. The number of carbonyl (C=O) groups is 2. The van der Waals surface area contributed by atoms with Crippen molar-refractivity contribution in [3.63, 3.8) is 0 Å². The molecule has 0 unspecified atom stereocenters. The molecule has 4 fully saturated rings. The van der Waals surface area contributed by atoms with Gasteiger partial charge in [-0.1, -0.05) is 77.0 Å². The number of hydrogen-bond acceptors (Lipinski definition) is 3. The first-order valence-corrected chi connectivity index (χ1v) is 15.3. The van der Waals surface area contributed by atoms with Gasteiger partial charge in [0.15, 0.2) is 0 Å². The first-order valence-electron chi connectivity index (χ1n) is 15.3. The molecule has 0 aromatic carbocycles. The zero-order valence-corrected chi connectivity index (χ0v) is 22.3. The van der Waals surface area contributed by atoms with Gasteiger partial charge in [0.05, 0.1) is 5.56 Å². The van der Waals surface area contributed by atoms with Crippen LogP contribution in [-0.2, 0) is 0 Å². The molecule has 0 atom stereocenters. The van der Waals surface area contributed by atoms with Crippen molar-refractivity contribution in [2.45, 2.75) is 153 Å². The largest absolute Gasteiger partial charge is 0.333 e. The van der Waals surface area contributed by atoms with Crippen LogP contribution in [0.15, 0.2) is 18.3 Å². The van der Waals surface area contributed by atoms with Crippen molar-refractivity contribution in [3.8, 4) is 0 Å². The second-order valence-electron chi connectivity index (χ2n) is 12.0. The van der Waals surface area contributed by atoms with Crippen LogP contribution in [0.4, 0.5) is 0 Å². The monoisotopic (exact) mass is 493 g/mol. The fraction of sp³-hybridized carbons (Fsp3) is 0.774. The van der Waals surface area contributed by atoms with Gasteiger partial charge in [0.1, 0.15) is 5.69 Å². The summed E-state index contributed by atoms with van der Waals surface area (Å²) in [5.74, 6) is 0.0856. The molecule has 36 heavy (non-hydrogen) atoms. The van der Waals surface area contributed by atoms with E-state index >= 15 is 0 Å². The Bertz CT molecular complexity index is 755. The molecule has 0 bridgehead atoms. The van der Waals surface area contributed by atoms with E-state index < -0.39 is 0 Å². The van der Waals surface area contributed by atoms with Crippen molar-refractivity contribution < 1.29 is 9.59 Å². The molecule has 1 aromatic heterocycles. The normalized spacial score (nSPS) is 23.3. The van der Waals surface area contributed by atoms with Gasteiger partial charge >= 0.3 is 0 Å². The van der Waals surface area contributed by atoms with Crippen LogP contribution in [0.1, 0.15) is 149 Å². The Kier molecular flexibility index (Phi) is 8.97. The summed E-state index contributed by atoms with van der Waals surface area (Å²) in [6.45, 7) is 0. The minimum Gasteiger partial charge on any atom is -0.333 e. The van der Waals surface area contributed by atoms with E-state index in [1.807, 2.05) is 12.1 Å². The molecule has 0 radical (unpaired) electrons. The average molecular weight is 494 g/mol. The van der Waals surface area contributed by atoms with E-state index in [1.165, 1.54) is 77.0 Å². The van der Waals surface area contributed by atoms with Crippen LogP contribution >= 0.6 is 0 Å². The molecule has 0 N–H and O–H groups in total.